The summed E-state index contributed by atoms with van der Waals surface area (Å²) in [5, 5.41) is 0. The van der Waals surface area contributed by atoms with Crippen LogP contribution in [0.5, 0.6) is 0 Å². The van der Waals surface area contributed by atoms with E-state index in [9.17, 15) is 8.42 Å². The molecular weight excluding hydrogens is 263 g/mol. The summed E-state index contributed by atoms with van der Waals surface area (Å²) >= 11 is 12.2. The van der Waals surface area contributed by atoms with Gasteiger partial charge in [0, 0.05) is 5.88 Å². The second-order valence-corrected chi connectivity index (χ2v) is 7.20. The summed E-state index contributed by atoms with van der Waals surface area (Å²) in [6.45, 7) is 0. The Hall–Kier alpha value is 0.230. The number of halogens is 2. The largest absolute Gasteiger partial charge is 0.223 e. The van der Waals surface area contributed by atoms with E-state index in [2.05, 4.69) is 0 Å². The number of hydrogen-bond donors (Lipinski definition) is 0. The van der Waals surface area contributed by atoms with Gasteiger partial charge in [0.2, 0.25) is 0 Å². The highest BCUT2D eigenvalue weighted by molar-refractivity contribution is 7.93. The molecule has 14 heavy (non-hydrogen) atoms. The third kappa shape index (κ3) is 3.42. The number of unbranched alkanes of at least 4 members (excludes halogenated alkanes) is 1. The Balaban J connectivity index is 2.66. The maximum Gasteiger partial charge on any atom is 0.187 e. The van der Waals surface area contributed by atoms with Crippen molar-refractivity contribution in [1.82, 2.24) is 0 Å². The van der Waals surface area contributed by atoms with Crippen molar-refractivity contribution in [3.8, 4) is 0 Å². The van der Waals surface area contributed by atoms with Crippen molar-refractivity contribution in [1.29, 1.82) is 0 Å². The molecule has 1 aromatic heterocycles. The quantitative estimate of drug-likeness (QED) is 0.610. The van der Waals surface area contributed by atoms with E-state index in [1.165, 1.54) is 0 Å². The number of rotatable bonds is 5. The van der Waals surface area contributed by atoms with Gasteiger partial charge >= 0.3 is 0 Å². The molecule has 0 aliphatic rings. The van der Waals surface area contributed by atoms with Gasteiger partial charge in [-0.2, -0.15) is 0 Å². The van der Waals surface area contributed by atoms with Gasteiger partial charge in [0.1, 0.15) is 4.21 Å². The van der Waals surface area contributed by atoms with Crippen LogP contribution in [0, 0.1) is 0 Å². The maximum absolute atomic E-state index is 11.6. The monoisotopic (exact) mass is 272 g/mol. The normalized spacial score (nSPS) is 11.9. The highest BCUT2D eigenvalue weighted by Crippen LogP contribution is 2.26. The zero-order valence-electron chi connectivity index (χ0n) is 7.37. The molecule has 1 aromatic rings. The lowest BCUT2D eigenvalue weighted by molar-refractivity contribution is 0.595. The average Bonchev–Trinajstić information content (AvgIpc) is 2.53. The summed E-state index contributed by atoms with van der Waals surface area (Å²) in [4.78, 5) is 0. The predicted octanol–water partition coefficient (Wildman–Crippen LogP) is 3.19. The number of alkyl halides is 1. The second kappa shape index (κ2) is 5.35. The molecule has 0 aliphatic carbocycles. The fourth-order valence-electron chi connectivity index (χ4n) is 0.952. The molecule has 0 radical (unpaired) electrons. The van der Waals surface area contributed by atoms with E-state index < -0.39 is 9.84 Å². The van der Waals surface area contributed by atoms with Crippen molar-refractivity contribution in [2.24, 2.45) is 0 Å². The first-order chi connectivity index (χ1) is 6.56. The molecule has 0 atom stereocenters. The predicted molar refractivity (Wildman–Crippen MR) is 61.3 cm³/mol. The van der Waals surface area contributed by atoms with E-state index in [1.807, 2.05) is 0 Å². The minimum atomic E-state index is -3.14. The summed E-state index contributed by atoms with van der Waals surface area (Å²) in [6, 6.07) is 3.14. The Labute approximate surface area is 97.8 Å². The van der Waals surface area contributed by atoms with Gasteiger partial charge in [-0.05, 0) is 25.0 Å². The van der Waals surface area contributed by atoms with Crippen LogP contribution >= 0.6 is 34.5 Å². The van der Waals surface area contributed by atoms with Crippen molar-refractivity contribution in [2.45, 2.75) is 17.1 Å². The summed E-state index contributed by atoms with van der Waals surface area (Å²) in [5.74, 6) is 0.650. The molecule has 80 valence electrons. The third-order valence-electron chi connectivity index (χ3n) is 1.65. The van der Waals surface area contributed by atoms with Gasteiger partial charge in [-0.25, -0.2) is 8.42 Å². The summed E-state index contributed by atoms with van der Waals surface area (Å²) in [6.07, 6.45) is 1.32. The molecule has 0 saturated heterocycles. The lowest BCUT2D eigenvalue weighted by Gasteiger charge is -1.99. The molecule has 0 spiro atoms. The molecule has 1 heterocycles. The van der Waals surface area contributed by atoms with Crippen molar-refractivity contribution >= 4 is 44.4 Å². The standard InChI is InChI=1S/C8H10Cl2O2S2/c9-5-1-2-6-14(11,12)8-4-3-7(10)13-8/h3-4H,1-2,5-6H2. The lowest BCUT2D eigenvalue weighted by Crippen LogP contribution is -2.04. The van der Waals surface area contributed by atoms with Gasteiger partial charge in [0.15, 0.2) is 9.84 Å². The lowest BCUT2D eigenvalue weighted by atomic mass is 10.4. The molecule has 6 heteroatoms. The van der Waals surface area contributed by atoms with Crippen molar-refractivity contribution in [3.05, 3.63) is 16.5 Å². The fourth-order valence-corrected chi connectivity index (χ4v) is 4.14. The van der Waals surface area contributed by atoms with Crippen molar-refractivity contribution in [3.63, 3.8) is 0 Å². The molecule has 0 amide bonds. The van der Waals surface area contributed by atoms with Crippen LogP contribution in [0.4, 0.5) is 0 Å². The van der Waals surface area contributed by atoms with Crippen LogP contribution in [0.1, 0.15) is 12.8 Å². The molecule has 0 unspecified atom stereocenters. The third-order valence-corrected chi connectivity index (χ3v) is 5.53. The van der Waals surface area contributed by atoms with E-state index in [4.69, 9.17) is 23.2 Å². The summed E-state index contributed by atoms with van der Waals surface area (Å²) < 4.78 is 24.1. The van der Waals surface area contributed by atoms with E-state index in [0.717, 1.165) is 17.8 Å². The molecule has 0 aliphatic heterocycles. The van der Waals surface area contributed by atoms with Crippen LogP contribution < -0.4 is 0 Å². The Morgan fingerprint density at radius 1 is 1.29 bits per heavy atom. The molecule has 0 fully saturated rings. The first-order valence-electron chi connectivity index (χ1n) is 4.10. The first-order valence-corrected chi connectivity index (χ1v) is 7.48. The Morgan fingerprint density at radius 3 is 2.50 bits per heavy atom. The van der Waals surface area contributed by atoms with Crippen molar-refractivity contribution in [2.75, 3.05) is 11.6 Å². The minimum absolute atomic E-state index is 0.149. The van der Waals surface area contributed by atoms with Gasteiger partial charge < -0.3 is 0 Å². The molecule has 2 nitrogen and oxygen atoms in total. The smallest absolute Gasteiger partial charge is 0.187 e. The Kier molecular flexibility index (Phi) is 4.70. The first kappa shape index (κ1) is 12.3. The van der Waals surface area contributed by atoms with Gasteiger partial charge in [-0.15, -0.1) is 22.9 Å². The molecular formula is C8H10Cl2O2S2. The summed E-state index contributed by atoms with van der Waals surface area (Å²) in [5.41, 5.74) is 0. The van der Waals surface area contributed by atoms with Crippen LogP contribution in [0.2, 0.25) is 4.34 Å². The second-order valence-electron chi connectivity index (χ2n) is 2.77. The maximum atomic E-state index is 11.6. The van der Waals surface area contributed by atoms with Crippen LogP contribution in [0.25, 0.3) is 0 Å². The molecule has 0 saturated carbocycles. The zero-order valence-corrected chi connectivity index (χ0v) is 10.5. The van der Waals surface area contributed by atoms with E-state index in [-0.39, 0.29) is 5.75 Å². The average molecular weight is 273 g/mol. The van der Waals surface area contributed by atoms with Crippen LogP contribution in [-0.4, -0.2) is 20.1 Å². The molecule has 1 rings (SSSR count). The topological polar surface area (TPSA) is 34.1 Å². The number of hydrogen-bond acceptors (Lipinski definition) is 3. The van der Waals surface area contributed by atoms with Gasteiger partial charge in [-0.1, -0.05) is 11.6 Å². The van der Waals surface area contributed by atoms with Crippen LogP contribution in [-0.2, 0) is 9.84 Å². The van der Waals surface area contributed by atoms with Crippen molar-refractivity contribution < 1.29 is 8.42 Å². The Bertz CT molecular complexity index is 384. The fraction of sp³-hybridized carbons (Fsp3) is 0.500. The molecule has 0 aromatic carbocycles. The zero-order chi connectivity index (χ0) is 10.6. The van der Waals surface area contributed by atoms with Gasteiger partial charge in [0.05, 0.1) is 10.1 Å². The van der Waals surface area contributed by atoms with Gasteiger partial charge in [-0.3, -0.25) is 0 Å². The molecule has 0 bridgehead atoms. The Morgan fingerprint density at radius 2 is 2.00 bits per heavy atom. The van der Waals surface area contributed by atoms with Crippen LogP contribution in [0.15, 0.2) is 16.3 Å². The SMILES string of the molecule is O=S(=O)(CCCCCl)c1ccc(Cl)s1. The minimum Gasteiger partial charge on any atom is -0.223 e. The van der Waals surface area contributed by atoms with E-state index in [1.54, 1.807) is 12.1 Å². The van der Waals surface area contributed by atoms with Gasteiger partial charge in [0.25, 0.3) is 0 Å². The number of sulfone groups is 1. The van der Waals surface area contributed by atoms with E-state index >= 15 is 0 Å². The molecule has 0 N–H and O–H groups in total. The summed E-state index contributed by atoms with van der Waals surface area (Å²) in [7, 11) is -3.14. The highest BCUT2D eigenvalue weighted by Gasteiger charge is 2.15. The van der Waals surface area contributed by atoms with Crippen LogP contribution in [0.3, 0.4) is 0 Å². The highest BCUT2D eigenvalue weighted by atomic mass is 35.5. The number of thiophene rings is 1. The van der Waals surface area contributed by atoms with E-state index in [0.29, 0.717) is 20.8 Å².